The molecule has 2 rings (SSSR count). The first-order valence-electron chi connectivity index (χ1n) is 5.83. The number of nitrogens with two attached hydrogens (primary N) is 1. The lowest BCUT2D eigenvalue weighted by Crippen LogP contribution is -1.92. The summed E-state index contributed by atoms with van der Waals surface area (Å²) in [4.78, 5) is 0. The van der Waals surface area contributed by atoms with Crippen LogP contribution in [0, 0.1) is 6.92 Å². The Bertz CT molecular complexity index is 377. The highest BCUT2D eigenvalue weighted by Gasteiger charge is 2.07. The summed E-state index contributed by atoms with van der Waals surface area (Å²) in [5.41, 5.74) is 10.9. The van der Waals surface area contributed by atoms with Crippen LogP contribution < -0.4 is 5.73 Å². The number of anilines is 1. The zero-order valence-corrected chi connectivity index (χ0v) is 9.42. The molecule has 0 radical (unpaired) electrons. The molecule has 0 aromatic heterocycles. The highest BCUT2D eigenvalue weighted by molar-refractivity contribution is 5.70. The average molecular weight is 201 g/mol. The summed E-state index contributed by atoms with van der Waals surface area (Å²) >= 11 is 0. The van der Waals surface area contributed by atoms with Crippen LogP contribution in [0.15, 0.2) is 24.3 Å². The molecule has 1 nitrogen and oxygen atoms in total. The molecule has 1 aromatic rings. The second-order valence-corrected chi connectivity index (χ2v) is 4.40. The summed E-state index contributed by atoms with van der Waals surface area (Å²) in [6.45, 7) is 2.15. The van der Waals surface area contributed by atoms with Gasteiger partial charge in [0, 0.05) is 5.69 Å². The van der Waals surface area contributed by atoms with E-state index in [0.29, 0.717) is 0 Å². The maximum Gasteiger partial charge on any atom is 0.0317 e. The van der Waals surface area contributed by atoms with E-state index in [9.17, 15) is 0 Å². The minimum Gasteiger partial charge on any atom is -0.399 e. The van der Waals surface area contributed by atoms with E-state index in [1.807, 2.05) is 6.07 Å². The topological polar surface area (TPSA) is 26.0 Å². The highest BCUT2D eigenvalue weighted by atomic mass is 14.5. The number of rotatable bonds is 1. The fourth-order valence-corrected chi connectivity index (χ4v) is 2.31. The number of allylic oxidation sites excluding steroid dienone is 2. The zero-order valence-electron chi connectivity index (χ0n) is 9.42. The average Bonchev–Trinajstić information content (AvgIpc) is 2.46. The van der Waals surface area contributed by atoms with Crippen molar-refractivity contribution in [1.82, 2.24) is 0 Å². The van der Waals surface area contributed by atoms with E-state index in [2.05, 4.69) is 25.1 Å². The van der Waals surface area contributed by atoms with E-state index < -0.39 is 0 Å². The molecule has 0 saturated carbocycles. The standard InChI is InChI=1S/C14H19N/c1-11-10-13(15)8-9-14(11)12-6-4-2-3-5-7-12/h6,8-10H,2-5,7,15H2,1H3. The largest absolute Gasteiger partial charge is 0.399 e. The maximum atomic E-state index is 5.77. The van der Waals surface area contributed by atoms with E-state index in [0.717, 1.165) is 5.69 Å². The Hall–Kier alpha value is -1.24. The molecule has 0 atom stereocenters. The second-order valence-electron chi connectivity index (χ2n) is 4.40. The second kappa shape index (κ2) is 4.52. The van der Waals surface area contributed by atoms with E-state index in [1.165, 1.54) is 48.8 Å². The van der Waals surface area contributed by atoms with Crippen LogP contribution in [0.3, 0.4) is 0 Å². The molecule has 0 spiro atoms. The minimum atomic E-state index is 0.866. The van der Waals surface area contributed by atoms with E-state index >= 15 is 0 Å². The first kappa shape index (κ1) is 10.3. The lowest BCUT2D eigenvalue weighted by atomic mass is 9.96. The molecule has 0 heterocycles. The first-order chi connectivity index (χ1) is 7.27. The number of hydrogen-bond donors (Lipinski definition) is 1. The predicted octanol–water partition coefficient (Wildman–Crippen LogP) is 3.92. The number of aryl methyl sites for hydroxylation is 1. The first-order valence-corrected chi connectivity index (χ1v) is 5.83. The molecule has 80 valence electrons. The quantitative estimate of drug-likeness (QED) is 0.685. The molecule has 0 unspecified atom stereocenters. The summed E-state index contributed by atoms with van der Waals surface area (Å²) < 4.78 is 0. The van der Waals surface area contributed by atoms with Gasteiger partial charge in [-0.05, 0) is 61.4 Å². The number of hydrogen-bond acceptors (Lipinski definition) is 1. The van der Waals surface area contributed by atoms with Gasteiger partial charge in [-0.15, -0.1) is 0 Å². The molecule has 1 heteroatoms. The van der Waals surface area contributed by atoms with Crippen molar-refractivity contribution in [3.05, 3.63) is 35.4 Å². The van der Waals surface area contributed by atoms with Crippen LogP contribution >= 0.6 is 0 Å². The van der Waals surface area contributed by atoms with Gasteiger partial charge in [-0.25, -0.2) is 0 Å². The zero-order chi connectivity index (χ0) is 10.7. The lowest BCUT2D eigenvalue weighted by molar-refractivity contribution is 0.720. The van der Waals surface area contributed by atoms with Gasteiger partial charge in [-0.1, -0.05) is 18.6 Å². The van der Waals surface area contributed by atoms with Crippen molar-refractivity contribution in [1.29, 1.82) is 0 Å². The van der Waals surface area contributed by atoms with Gasteiger partial charge in [0.25, 0.3) is 0 Å². The Labute approximate surface area is 92.0 Å². The third-order valence-electron chi connectivity index (χ3n) is 3.14. The molecule has 15 heavy (non-hydrogen) atoms. The molecular weight excluding hydrogens is 182 g/mol. The summed E-state index contributed by atoms with van der Waals surface area (Å²) in [6.07, 6.45) is 8.91. The summed E-state index contributed by atoms with van der Waals surface area (Å²) in [5, 5.41) is 0. The van der Waals surface area contributed by atoms with Crippen molar-refractivity contribution >= 4 is 11.3 Å². The Morgan fingerprint density at radius 1 is 1.13 bits per heavy atom. The molecule has 2 N–H and O–H groups in total. The smallest absolute Gasteiger partial charge is 0.0317 e. The van der Waals surface area contributed by atoms with E-state index in [4.69, 9.17) is 5.73 Å². The highest BCUT2D eigenvalue weighted by Crippen LogP contribution is 2.28. The van der Waals surface area contributed by atoms with Crippen molar-refractivity contribution in [2.24, 2.45) is 0 Å². The van der Waals surface area contributed by atoms with Gasteiger partial charge in [-0.3, -0.25) is 0 Å². The molecule has 0 saturated heterocycles. The predicted molar refractivity (Wildman–Crippen MR) is 66.7 cm³/mol. The van der Waals surface area contributed by atoms with Crippen LogP contribution in [0.2, 0.25) is 0 Å². The molecule has 0 bridgehead atoms. The van der Waals surface area contributed by atoms with Crippen LogP contribution in [0.25, 0.3) is 5.57 Å². The van der Waals surface area contributed by atoms with Crippen molar-refractivity contribution < 1.29 is 0 Å². The van der Waals surface area contributed by atoms with Crippen molar-refractivity contribution in [3.8, 4) is 0 Å². The third kappa shape index (κ3) is 2.41. The molecule has 1 aliphatic carbocycles. The fraction of sp³-hybridized carbons (Fsp3) is 0.429. The minimum absolute atomic E-state index is 0.866. The molecule has 1 aliphatic rings. The van der Waals surface area contributed by atoms with Crippen molar-refractivity contribution in [2.45, 2.75) is 39.0 Å². The van der Waals surface area contributed by atoms with Gasteiger partial charge < -0.3 is 5.73 Å². The molecule has 0 aliphatic heterocycles. The normalized spacial score (nSPS) is 17.0. The van der Waals surface area contributed by atoms with Gasteiger partial charge in [-0.2, -0.15) is 0 Å². The van der Waals surface area contributed by atoms with Gasteiger partial charge in [0.05, 0.1) is 0 Å². The Morgan fingerprint density at radius 3 is 2.80 bits per heavy atom. The van der Waals surface area contributed by atoms with Crippen LogP contribution in [0.4, 0.5) is 5.69 Å². The van der Waals surface area contributed by atoms with E-state index in [1.54, 1.807) is 0 Å². The van der Waals surface area contributed by atoms with Crippen molar-refractivity contribution in [2.75, 3.05) is 5.73 Å². The van der Waals surface area contributed by atoms with Crippen LogP contribution in [0.1, 0.15) is 43.2 Å². The van der Waals surface area contributed by atoms with Gasteiger partial charge >= 0.3 is 0 Å². The monoisotopic (exact) mass is 201 g/mol. The van der Waals surface area contributed by atoms with E-state index in [-0.39, 0.29) is 0 Å². The van der Waals surface area contributed by atoms with Gasteiger partial charge in [0.1, 0.15) is 0 Å². The van der Waals surface area contributed by atoms with Gasteiger partial charge in [0.15, 0.2) is 0 Å². The SMILES string of the molecule is Cc1cc(N)ccc1C1=CCCCCC1. The molecule has 1 aromatic carbocycles. The molecule has 0 amide bonds. The van der Waals surface area contributed by atoms with Crippen LogP contribution in [0.5, 0.6) is 0 Å². The van der Waals surface area contributed by atoms with Gasteiger partial charge in [0.2, 0.25) is 0 Å². The van der Waals surface area contributed by atoms with Crippen LogP contribution in [-0.2, 0) is 0 Å². The van der Waals surface area contributed by atoms with Crippen molar-refractivity contribution in [3.63, 3.8) is 0 Å². The Balaban J connectivity index is 2.31. The van der Waals surface area contributed by atoms with Crippen LogP contribution in [-0.4, -0.2) is 0 Å². The summed E-state index contributed by atoms with van der Waals surface area (Å²) in [7, 11) is 0. The molecule has 0 fully saturated rings. The number of benzene rings is 1. The Kier molecular flexibility index (Phi) is 3.10. The summed E-state index contributed by atoms with van der Waals surface area (Å²) in [5.74, 6) is 0. The summed E-state index contributed by atoms with van der Waals surface area (Å²) in [6, 6.07) is 6.25. The third-order valence-corrected chi connectivity index (χ3v) is 3.14. The number of nitrogen functional groups attached to an aromatic ring is 1. The fourth-order valence-electron chi connectivity index (χ4n) is 2.31. The lowest BCUT2D eigenvalue weighted by Gasteiger charge is -2.10. The maximum absolute atomic E-state index is 5.77. The molecular formula is C14H19N. The Morgan fingerprint density at radius 2 is 2.00 bits per heavy atom.